The molecule has 1 rings (SSSR count). The van der Waals surface area contributed by atoms with Crippen LogP contribution in [-0.2, 0) is 19.2 Å². The van der Waals surface area contributed by atoms with E-state index in [0.29, 0.717) is 38.8 Å². The van der Waals surface area contributed by atoms with Gasteiger partial charge in [-0.05, 0) is 38.5 Å². The molecule has 12 heteroatoms. The van der Waals surface area contributed by atoms with Crippen LogP contribution in [0, 0.1) is 5.92 Å². The van der Waals surface area contributed by atoms with Gasteiger partial charge in [0.05, 0.1) is 6.04 Å². The second-order valence-corrected chi connectivity index (χ2v) is 8.04. The summed E-state index contributed by atoms with van der Waals surface area (Å²) in [5, 5.41) is 14.5. The van der Waals surface area contributed by atoms with Crippen LogP contribution >= 0.6 is 0 Å². The van der Waals surface area contributed by atoms with Gasteiger partial charge < -0.3 is 37.8 Å². The first-order chi connectivity index (χ1) is 14.5. The van der Waals surface area contributed by atoms with Gasteiger partial charge in [-0.15, -0.1) is 0 Å². The van der Waals surface area contributed by atoms with E-state index in [2.05, 4.69) is 15.6 Å². The van der Waals surface area contributed by atoms with Crippen LogP contribution in [0.15, 0.2) is 4.99 Å². The first-order valence-electron chi connectivity index (χ1n) is 10.4. The number of hydrogen-bond donors (Lipinski definition) is 6. The lowest BCUT2D eigenvalue weighted by molar-refractivity contribution is -0.149. The number of carbonyl (C=O) groups excluding carboxylic acids is 3. The van der Waals surface area contributed by atoms with Gasteiger partial charge in [0.15, 0.2) is 5.96 Å². The molecule has 0 bridgehead atoms. The average molecular weight is 442 g/mol. The summed E-state index contributed by atoms with van der Waals surface area (Å²) in [6, 6.07) is -3.56. The summed E-state index contributed by atoms with van der Waals surface area (Å²) in [5.41, 5.74) is 16.4. The summed E-state index contributed by atoms with van der Waals surface area (Å²) >= 11 is 0. The van der Waals surface area contributed by atoms with Gasteiger partial charge in [-0.25, -0.2) is 4.79 Å². The predicted octanol–water partition coefficient (Wildman–Crippen LogP) is -1.91. The number of nitrogens with one attached hydrogen (secondary N) is 2. The normalized spacial score (nSPS) is 18.7. The summed E-state index contributed by atoms with van der Waals surface area (Å²) in [6.45, 7) is 5.66. The maximum atomic E-state index is 12.7. The molecule has 0 spiro atoms. The third kappa shape index (κ3) is 8.04. The van der Waals surface area contributed by atoms with Crippen LogP contribution in [0.1, 0.15) is 46.5 Å². The molecule has 12 nitrogen and oxygen atoms in total. The highest BCUT2D eigenvalue weighted by molar-refractivity contribution is 5.94. The molecule has 1 saturated heterocycles. The fourth-order valence-corrected chi connectivity index (χ4v) is 3.35. The van der Waals surface area contributed by atoms with Crippen LogP contribution in [0.2, 0.25) is 0 Å². The summed E-state index contributed by atoms with van der Waals surface area (Å²) in [6.07, 6.45) is 1.80. The number of guanidine groups is 1. The maximum Gasteiger partial charge on any atom is 0.326 e. The van der Waals surface area contributed by atoms with E-state index in [1.54, 1.807) is 13.8 Å². The third-order valence-corrected chi connectivity index (χ3v) is 5.10. The molecule has 176 valence electrons. The minimum absolute atomic E-state index is 0.0400. The largest absolute Gasteiger partial charge is 0.480 e. The van der Waals surface area contributed by atoms with Gasteiger partial charge in [-0.3, -0.25) is 19.4 Å². The first-order valence-corrected chi connectivity index (χ1v) is 10.4. The van der Waals surface area contributed by atoms with Gasteiger partial charge in [-0.1, -0.05) is 13.8 Å². The zero-order chi connectivity index (χ0) is 23.7. The molecule has 4 atom stereocenters. The molecule has 0 aromatic carbocycles. The number of carboxylic acid groups (broad SMARTS) is 1. The fourth-order valence-electron chi connectivity index (χ4n) is 3.35. The molecule has 0 aromatic rings. The number of likely N-dealkylation sites (tertiary alicyclic amines) is 1. The molecular weight excluding hydrogens is 406 g/mol. The number of carbonyl (C=O) groups is 4. The topological polar surface area (TPSA) is 206 Å². The van der Waals surface area contributed by atoms with Crippen molar-refractivity contribution in [3.63, 3.8) is 0 Å². The van der Waals surface area contributed by atoms with E-state index in [4.69, 9.17) is 17.2 Å². The SMILES string of the molecule is CC(C)[C@H](NC(=O)[C@@H](N)CCCN=C(N)N)C(=O)N[C@@H](C)C(=O)N1CCC[C@H]1C(=O)O. The molecule has 0 saturated carbocycles. The van der Waals surface area contributed by atoms with Gasteiger partial charge in [0.25, 0.3) is 0 Å². The molecule has 1 aliphatic heterocycles. The standard InChI is InChI=1S/C19H35N7O5/c1-10(2)14(25-15(27)12(20)6-4-8-23-19(21)22)16(28)24-11(3)17(29)26-9-5-7-13(26)18(30)31/h10-14H,4-9,20H2,1-3H3,(H,24,28)(H,25,27)(H,30,31)(H4,21,22,23)/t11-,12-,13-,14-/m0/s1. The van der Waals surface area contributed by atoms with E-state index in [-0.39, 0.29) is 11.9 Å². The Labute approximate surface area is 182 Å². The quantitative estimate of drug-likeness (QED) is 0.121. The smallest absolute Gasteiger partial charge is 0.326 e. The summed E-state index contributed by atoms with van der Waals surface area (Å²) in [4.78, 5) is 54.1. The number of amides is 3. The fraction of sp³-hybridized carbons (Fsp3) is 0.737. The van der Waals surface area contributed by atoms with Crippen molar-refractivity contribution >= 4 is 29.7 Å². The van der Waals surface area contributed by atoms with Gasteiger partial charge in [0.2, 0.25) is 17.7 Å². The Morgan fingerprint density at radius 1 is 1.13 bits per heavy atom. The maximum absolute atomic E-state index is 12.7. The number of nitrogens with two attached hydrogens (primary N) is 3. The van der Waals surface area contributed by atoms with Crippen molar-refractivity contribution in [2.45, 2.75) is 70.6 Å². The highest BCUT2D eigenvalue weighted by Crippen LogP contribution is 2.18. The van der Waals surface area contributed by atoms with Crippen LogP contribution in [-0.4, -0.2) is 76.9 Å². The van der Waals surface area contributed by atoms with Gasteiger partial charge in [-0.2, -0.15) is 0 Å². The van der Waals surface area contributed by atoms with Crippen molar-refractivity contribution in [2.75, 3.05) is 13.1 Å². The Kier molecular flexibility index (Phi) is 10.2. The van der Waals surface area contributed by atoms with E-state index in [1.165, 1.54) is 11.8 Å². The lowest BCUT2D eigenvalue weighted by atomic mass is 10.0. The minimum atomic E-state index is -1.06. The number of aliphatic carboxylic acids is 1. The van der Waals surface area contributed by atoms with Crippen LogP contribution < -0.4 is 27.8 Å². The predicted molar refractivity (Wildman–Crippen MR) is 115 cm³/mol. The van der Waals surface area contributed by atoms with Crippen molar-refractivity contribution in [1.29, 1.82) is 0 Å². The zero-order valence-electron chi connectivity index (χ0n) is 18.3. The summed E-state index contributed by atoms with van der Waals surface area (Å²) in [7, 11) is 0. The van der Waals surface area contributed by atoms with Gasteiger partial charge in [0, 0.05) is 13.1 Å². The molecule has 31 heavy (non-hydrogen) atoms. The summed E-state index contributed by atoms with van der Waals surface area (Å²) in [5.74, 6) is -2.87. The Balaban J connectivity index is 2.66. The Hall–Kier alpha value is -2.89. The monoisotopic (exact) mass is 441 g/mol. The first kappa shape index (κ1) is 26.1. The molecule has 1 fully saturated rings. The van der Waals surface area contributed by atoms with E-state index in [0.717, 1.165) is 0 Å². The molecule has 1 heterocycles. The Morgan fingerprint density at radius 2 is 1.77 bits per heavy atom. The Morgan fingerprint density at radius 3 is 2.32 bits per heavy atom. The Bertz CT molecular complexity index is 693. The molecule has 0 aliphatic carbocycles. The second-order valence-electron chi connectivity index (χ2n) is 8.04. The van der Waals surface area contributed by atoms with Crippen LogP contribution in [0.4, 0.5) is 0 Å². The molecule has 9 N–H and O–H groups in total. The number of nitrogens with zero attached hydrogens (tertiary/aromatic N) is 2. The highest BCUT2D eigenvalue weighted by atomic mass is 16.4. The summed E-state index contributed by atoms with van der Waals surface area (Å²) < 4.78 is 0. The lowest BCUT2D eigenvalue weighted by Crippen LogP contribution is -2.57. The molecule has 0 unspecified atom stereocenters. The van der Waals surface area contributed by atoms with E-state index >= 15 is 0 Å². The average Bonchev–Trinajstić information content (AvgIpc) is 3.17. The van der Waals surface area contributed by atoms with E-state index < -0.39 is 47.9 Å². The van der Waals surface area contributed by atoms with Crippen molar-refractivity contribution < 1.29 is 24.3 Å². The highest BCUT2D eigenvalue weighted by Gasteiger charge is 2.37. The van der Waals surface area contributed by atoms with Crippen LogP contribution in [0.3, 0.4) is 0 Å². The van der Waals surface area contributed by atoms with Gasteiger partial charge in [0.1, 0.15) is 18.1 Å². The van der Waals surface area contributed by atoms with Crippen molar-refractivity contribution in [3.8, 4) is 0 Å². The number of hydrogen-bond acceptors (Lipinski definition) is 6. The number of carboxylic acids is 1. The number of rotatable bonds is 11. The minimum Gasteiger partial charge on any atom is -0.480 e. The lowest BCUT2D eigenvalue weighted by Gasteiger charge is -2.28. The van der Waals surface area contributed by atoms with Gasteiger partial charge >= 0.3 is 5.97 Å². The van der Waals surface area contributed by atoms with Crippen LogP contribution in [0.25, 0.3) is 0 Å². The molecule has 0 radical (unpaired) electrons. The molecule has 3 amide bonds. The zero-order valence-corrected chi connectivity index (χ0v) is 18.3. The molecular formula is C19H35N7O5. The molecule has 1 aliphatic rings. The molecule has 0 aromatic heterocycles. The van der Waals surface area contributed by atoms with E-state index in [1.807, 2.05) is 0 Å². The van der Waals surface area contributed by atoms with Crippen molar-refractivity contribution in [2.24, 2.45) is 28.1 Å². The van der Waals surface area contributed by atoms with E-state index in [9.17, 15) is 24.3 Å². The van der Waals surface area contributed by atoms with Crippen molar-refractivity contribution in [3.05, 3.63) is 0 Å². The van der Waals surface area contributed by atoms with Crippen LogP contribution in [0.5, 0.6) is 0 Å². The third-order valence-electron chi connectivity index (χ3n) is 5.10. The second kappa shape index (κ2) is 12.1. The van der Waals surface area contributed by atoms with Crippen molar-refractivity contribution in [1.82, 2.24) is 15.5 Å². The number of aliphatic imine (C=N–C) groups is 1.